The van der Waals surface area contributed by atoms with Gasteiger partial charge in [0.05, 0.1) is 17.3 Å². The predicted molar refractivity (Wildman–Crippen MR) is 101 cm³/mol. The number of hydrogen-bond acceptors (Lipinski definition) is 4. The third-order valence-electron chi connectivity index (χ3n) is 3.56. The van der Waals surface area contributed by atoms with E-state index in [9.17, 15) is 0 Å². The highest BCUT2D eigenvalue weighted by atomic mass is 35.5. The third-order valence-corrected chi connectivity index (χ3v) is 6.22. The number of thioether (sulfide) groups is 2. The molecule has 0 aliphatic carbocycles. The molecule has 0 aliphatic heterocycles. The molecular weight excluding hydrogens is 348 g/mol. The summed E-state index contributed by atoms with van der Waals surface area (Å²) < 4.78 is 7.45. The van der Waals surface area contributed by atoms with Gasteiger partial charge in [-0.15, -0.1) is 11.8 Å². The van der Waals surface area contributed by atoms with Crippen LogP contribution in [-0.4, -0.2) is 34.8 Å². The molecule has 0 aliphatic rings. The van der Waals surface area contributed by atoms with Gasteiger partial charge in [-0.05, 0) is 38.2 Å². The first-order valence-corrected chi connectivity index (χ1v) is 10.0. The number of aromatic nitrogens is 2. The minimum atomic E-state index is 0.715. The molecule has 2 aromatic rings. The van der Waals surface area contributed by atoms with Crippen LogP contribution in [0, 0.1) is 13.8 Å². The first kappa shape index (κ1) is 18.7. The van der Waals surface area contributed by atoms with Gasteiger partial charge >= 0.3 is 0 Å². The molecule has 0 atom stereocenters. The molecule has 6 heteroatoms. The third kappa shape index (κ3) is 5.45. The van der Waals surface area contributed by atoms with Crippen LogP contribution in [0.25, 0.3) is 0 Å². The van der Waals surface area contributed by atoms with Crippen LogP contribution in [0.5, 0.6) is 0 Å². The normalized spacial score (nSPS) is 11.1. The summed E-state index contributed by atoms with van der Waals surface area (Å²) in [4.78, 5) is 5.84. The van der Waals surface area contributed by atoms with Crippen LogP contribution in [0.1, 0.15) is 17.8 Å². The summed E-state index contributed by atoms with van der Waals surface area (Å²) in [6, 6.07) is 8.01. The van der Waals surface area contributed by atoms with E-state index in [0.29, 0.717) is 6.61 Å². The first-order valence-electron chi connectivity index (χ1n) is 7.66. The lowest BCUT2D eigenvalue weighted by Crippen LogP contribution is -2.07. The van der Waals surface area contributed by atoms with Crippen LogP contribution in [-0.2, 0) is 11.3 Å². The zero-order valence-corrected chi connectivity index (χ0v) is 16.2. The van der Waals surface area contributed by atoms with Crippen molar-refractivity contribution >= 4 is 35.1 Å². The first-order chi connectivity index (χ1) is 11.1. The molecule has 126 valence electrons. The van der Waals surface area contributed by atoms with Crippen molar-refractivity contribution in [3.05, 3.63) is 40.7 Å². The van der Waals surface area contributed by atoms with Crippen LogP contribution in [0.3, 0.4) is 0 Å². The van der Waals surface area contributed by atoms with Crippen molar-refractivity contribution in [3.63, 3.8) is 0 Å². The maximum Gasteiger partial charge on any atom is 0.168 e. The number of rotatable bonds is 9. The van der Waals surface area contributed by atoms with Crippen molar-refractivity contribution in [2.45, 2.75) is 36.9 Å². The smallest absolute Gasteiger partial charge is 0.168 e. The minimum Gasteiger partial charge on any atom is -0.383 e. The van der Waals surface area contributed by atoms with E-state index >= 15 is 0 Å². The molecule has 23 heavy (non-hydrogen) atoms. The van der Waals surface area contributed by atoms with Crippen LogP contribution in [0.15, 0.2) is 34.3 Å². The molecular formula is C17H23ClN2OS2. The Hall–Kier alpha value is -0.620. The van der Waals surface area contributed by atoms with Crippen LogP contribution < -0.4 is 0 Å². The zero-order chi connectivity index (χ0) is 16.7. The largest absolute Gasteiger partial charge is 0.383 e. The number of nitrogens with zero attached hydrogens (tertiary/aromatic N) is 2. The Kier molecular flexibility index (Phi) is 7.83. The molecule has 0 saturated heterocycles. The molecule has 0 spiro atoms. The van der Waals surface area contributed by atoms with Gasteiger partial charge in [0, 0.05) is 30.0 Å². The van der Waals surface area contributed by atoms with E-state index in [0.717, 1.165) is 45.2 Å². The van der Waals surface area contributed by atoms with E-state index in [4.69, 9.17) is 16.3 Å². The van der Waals surface area contributed by atoms with E-state index in [1.165, 1.54) is 5.69 Å². The Morgan fingerprint density at radius 1 is 1.17 bits per heavy atom. The van der Waals surface area contributed by atoms with Crippen LogP contribution in [0.4, 0.5) is 0 Å². The SMILES string of the molecule is COCCn1c(SCCCSc2ccccc2Cl)nc(C)c1C. The van der Waals surface area contributed by atoms with E-state index in [-0.39, 0.29) is 0 Å². The molecule has 0 unspecified atom stereocenters. The van der Waals surface area contributed by atoms with E-state index in [1.807, 2.05) is 41.7 Å². The summed E-state index contributed by atoms with van der Waals surface area (Å²) in [5, 5.41) is 1.94. The topological polar surface area (TPSA) is 27.1 Å². The Labute approximate surface area is 152 Å². The zero-order valence-electron chi connectivity index (χ0n) is 13.8. The number of aryl methyl sites for hydroxylation is 1. The van der Waals surface area contributed by atoms with Gasteiger partial charge in [0.2, 0.25) is 0 Å². The number of imidazole rings is 1. The second-order valence-corrected chi connectivity index (χ2v) is 7.80. The van der Waals surface area contributed by atoms with E-state index in [1.54, 1.807) is 7.11 Å². The Bertz CT molecular complexity index is 631. The van der Waals surface area contributed by atoms with Gasteiger partial charge in [0.25, 0.3) is 0 Å². The Morgan fingerprint density at radius 3 is 2.65 bits per heavy atom. The van der Waals surface area contributed by atoms with Gasteiger partial charge in [-0.2, -0.15) is 0 Å². The average molecular weight is 371 g/mol. The van der Waals surface area contributed by atoms with Crippen LogP contribution >= 0.6 is 35.1 Å². The van der Waals surface area contributed by atoms with E-state index < -0.39 is 0 Å². The molecule has 1 aromatic heterocycles. The highest BCUT2D eigenvalue weighted by Gasteiger charge is 2.11. The van der Waals surface area contributed by atoms with Crippen molar-refractivity contribution in [1.82, 2.24) is 9.55 Å². The summed E-state index contributed by atoms with van der Waals surface area (Å²) in [5.41, 5.74) is 2.34. The molecule has 1 aromatic carbocycles. The molecule has 0 bridgehead atoms. The van der Waals surface area contributed by atoms with Gasteiger partial charge in [-0.1, -0.05) is 35.5 Å². The molecule has 2 rings (SSSR count). The molecule has 1 heterocycles. The van der Waals surface area contributed by atoms with Crippen molar-refractivity contribution < 1.29 is 4.74 Å². The monoisotopic (exact) mass is 370 g/mol. The summed E-state index contributed by atoms with van der Waals surface area (Å²) >= 11 is 9.81. The second-order valence-electron chi connectivity index (χ2n) is 5.19. The Morgan fingerprint density at radius 2 is 1.91 bits per heavy atom. The standard InChI is InChI=1S/C17H23ClN2OS2/c1-13-14(2)20(9-10-21-3)17(19-13)23-12-6-11-22-16-8-5-4-7-15(16)18/h4-5,7-8H,6,9-12H2,1-3H3. The molecule has 0 N–H and O–H groups in total. The molecule has 0 fully saturated rings. The molecule has 0 radical (unpaired) electrons. The maximum atomic E-state index is 6.17. The van der Waals surface area contributed by atoms with Gasteiger partial charge in [0.1, 0.15) is 0 Å². The lowest BCUT2D eigenvalue weighted by molar-refractivity contribution is 0.184. The number of hydrogen-bond donors (Lipinski definition) is 0. The summed E-state index contributed by atoms with van der Waals surface area (Å²) in [5.74, 6) is 2.12. The van der Waals surface area contributed by atoms with Gasteiger partial charge in [-0.25, -0.2) is 4.98 Å². The number of methoxy groups -OCH3 is 1. The molecule has 0 saturated carbocycles. The molecule has 0 amide bonds. The van der Waals surface area contributed by atoms with Crippen molar-refractivity contribution in [2.24, 2.45) is 0 Å². The van der Waals surface area contributed by atoms with Gasteiger partial charge in [0.15, 0.2) is 5.16 Å². The fraction of sp³-hybridized carbons (Fsp3) is 0.471. The summed E-state index contributed by atoms with van der Waals surface area (Å²) in [6.45, 7) is 5.76. The highest BCUT2D eigenvalue weighted by Crippen LogP contribution is 2.28. The predicted octanol–water partition coefficient (Wildman–Crippen LogP) is 5.07. The quantitative estimate of drug-likeness (QED) is 0.454. The summed E-state index contributed by atoms with van der Waals surface area (Å²) in [6.07, 6.45) is 1.12. The number of halogens is 1. The van der Waals surface area contributed by atoms with Crippen molar-refractivity contribution in [1.29, 1.82) is 0 Å². The number of ether oxygens (including phenoxy) is 1. The molecule has 3 nitrogen and oxygen atoms in total. The summed E-state index contributed by atoms with van der Waals surface area (Å²) in [7, 11) is 1.73. The highest BCUT2D eigenvalue weighted by molar-refractivity contribution is 8.00. The maximum absolute atomic E-state index is 6.17. The fourth-order valence-corrected chi connectivity index (χ4v) is 4.57. The van der Waals surface area contributed by atoms with Crippen molar-refractivity contribution in [2.75, 3.05) is 25.2 Å². The second kappa shape index (κ2) is 9.62. The lowest BCUT2D eigenvalue weighted by Gasteiger charge is -2.09. The minimum absolute atomic E-state index is 0.715. The van der Waals surface area contributed by atoms with Crippen molar-refractivity contribution in [3.8, 4) is 0 Å². The fourth-order valence-electron chi connectivity index (χ4n) is 2.15. The lowest BCUT2D eigenvalue weighted by atomic mass is 10.4. The number of benzene rings is 1. The van der Waals surface area contributed by atoms with Gasteiger partial charge < -0.3 is 9.30 Å². The van der Waals surface area contributed by atoms with E-state index in [2.05, 4.69) is 29.5 Å². The van der Waals surface area contributed by atoms with Crippen LogP contribution in [0.2, 0.25) is 5.02 Å². The van der Waals surface area contributed by atoms with Gasteiger partial charge in [-0.3, -0.25) is 0 Å². The Balaban J connectivity index is 1.80. The average Bonchev–Trinajstić information content (AvgIpc) is 2.81.